The average Bonchev–Trinajstić information content (AvgIpc) is 3.53. The molecule has 5 rings (SSSR count). The first-order valence-corrected chi connectivity index (χ1v) is 15.9. The van der Waals surface area contributed by atoms with Gasteiger partial charge in [-0.25, -0.2) is 12.8 Å². The van der Waals surface area contributed by atoms with Crippen LogP contribution in [0.1, 0.15) is 39.2 Å². The molecular weight excluding hydrogens is 606 g/mol. The molecule has 3 heterocycles. The number of nitrogens with zero attached hydrogens (tertiary/aromatic N) is 4. The fraction of sp³-hybridized carbons (Fsp3) is 0.448. The first kappa shape index (κ1) is 32.0. The first-order chi connectivity index (χ1) is 20.7. The SMILES string of the molecule is CS(=O)(=O)N1CCc2c(c(-c3ccc(C(F)(F)F)c(CNC(=O)c4ccc(F)cc4)c3)nn2CC(O)CN2CCC(O)C2)C1. The molecule has 3 aromatic rings. The van der Waals surface area contributed by atoms with Crippen LogP contribution in [0.15, 0.2) is 42.5 Å². The Kier molecular flexibility index (Phi) is 9.14. The van der Waals surface area contributed by atoms with Gasteiger partial charge < -0.3 is 15.5 Å². The highest BCUT2D eigenvalue weighted by molar-refractivity contribution is 7.88. The van der Waals surface area contributed by atoms with Crippen molar-refractivity contribution in [2.24, 2.45) is 0 Å². The Morgan fingerprint density at radius 2 is 1.86 bits per heavy atom. The molecule has 0 bridgehead atoms. The van der Waals surface area contributed by atoms with Crippen LogP contribution in [0.4, 0.5) is 17.6 Å². The number of fused-ring (bicyclic) bond motifs is 1. The summed E-state index contributed by atoms with van der Waals surface area (Å²) in [5.74, 6) is -1.25. The number of carbonyl (C=O) groups excluding carboxylic acids is 1. The Labute approximate surface area is 251 Å². The smallest absolute Gasteiger partial charge is 0.392 e. The number of alkyl halides is 3. The monoisotopic (exact) mass is 639 g/mol. The Morgan fingerprint density at radius 1 is 1.14 bits per heavy atom. The minimum Gasteiger partial charge on any atom is -0.392 e. The molecular formula is C29H33F4N5O5S. The summed E-state index contributed by atoms with van der Waals surface area (Å²) in [6.45, 7) is 1.07. The highest BCUT2D eigenvalue weighted by Crippen LogP contribution is 2.37. The molecule has 1 fully saturated rings. The fourth-order valence-electron chi connectivity index (χ4n) is 5.71. The van der Waals surface area contributed by atoms with Gasteiger partial charge >= 0.3 is 6.18 Å². The predicted molar refractivity (Wildman–Crippen MR) is 152 cm³/mol. The molecule has 2 unspecified atom stereocenters. The third-order valence-corrected chi connectivity index (χ3v) is 9.15. The number of rotatable bonds is 9. The maximum atomic E-state index is 14.0. The second-order valence-corrected chi connectivity index (χ2v) is 13.2. The van der Waals surface area contributed by atoms with Crippen LogP contribution in [0.3, 0.4) is 0 Å². The third kappa shape index (κ3) is 7.29. The number of likely N-dealkylation sites (tertiary alicyclic amines) is 1. The summed E-state index contributed by atoms with van der Waals surface area (Å²) >= 11 is 0. The van der Waals surface area contributed by atoms with Crippen molar-refractivity contribution in [3.8, 4) is 11.3 Å². The zero-order valence-electron chi connectivity index (χ0n) is 23.9. The van der Waals surface area contributed by atoms with Gasteiger partial charge in [-0.15, -0.1) is 0 Å². The molecule has 15 heteroatoms. The van der Waals surface area contributed by atoms with E-state index in [1.54, 1.807) is 4.68 Å². The summed E-state index contributed by atoms with van der Waals surface area (Å²) in [7, 11) is -3.59. The second kappa shape index (κ2) is 12.6. The van der Waals surface area contributed by atoms with Gasteiger partial charge in [0, 0.05) is 68.1 Å². The van der Waals surface area contributed by atoms with E-state index in [-0.39, 0.29) is 55.0 Å². The van der Waals surface area contributed by atoms with Crippen molar-refractivity contribution < 1.29 is 41.0 Å². The van der Waals surface area contributed by atoms with E-state index in [9.17, 15) is 41.0 Å². The molecule has 0 radical (unpaired) electrons. The summed E-state index contributed by atoms with van der Waals surface area (Å²) in [5, 5.41) is 27.8. The number of halogens is 4. The number of hydrogen-bond donors (Lipinski definition) is 3. The topological polar surface area (TPSA) is 128 Å². The van der Waals surface area contributed by atoms with Gasteiger partial charge in [-0.05, 0) is 48.4 Å². The minimum absolute atomic E-state index is 0.0461. The van der Waals surface area contributed by atoms with E-state index in [2.05, 4.69) is 10.4 Å². The number of β-amino-alcohol motifs (C(OH)–C–C–N with tert-alkyl or cyclic N) is 2. The van der Waals surface area contributed by atoms with Crippen LogP contribution in [0.5, 0.6) is 0 Å². The first-order valence-electron chi connectivity index (χ1n) is 14.1. The number of benzene rings is 2. The van der Waals surface area contributed by atoms with Gasteiger partial charge in [0.25, 0.3) is 5.91 Å². The number of nitrogens with one attached hydrogen (secondary N) is 1. The summed E-state index contributed by atoms with van der Waals surface area (Å²) in [4.78, 5) is 14.5. The van der Waals surface area contributed by atoms with Gasteiger partial charge in [-0.3, -0.25) is 14.4 Å². The van der Waals surface area contributed by atoms with Crippen LogP contribution in [0, 0.1) is 5.82 Å². The van der Waals surface area contributed by atoms with Gasteiger partial charge in [0.1, 0.15) is 5.82 Å². The Hall–Kier alpha value is -3.37. The van der Waals surface area contributed by atoms with Crippen molar-refractivity contribution >= 4 is 15.9 Å². The number of aliphatic hydroxyl groups is 2. The van der Waals surface area contributed by atoms with E-state index >= 15 is 0 Å². The molecule has 2 aliphatic heterocycles. The Balaban J connectivity index is 1.47. The predicted octanol–water partition coefficient (Wildman–Crippen LogP) is 2.38. The number of aromatic nitrogens is 2. The number of aliphatic hydroxyl groups excluding tert-OH is 2. The Bertz CT molecular complexity index is 1630. The van der Waals surface area contributed by atoms with Gasteiger partial charge in [0.05, 0.1) is 36.3 Å². The van der Waals surface area contributed by atoms with Crippen LogP contribution in [-0.4, -0.2) is 88.2 Å². The molecule has 1 saturated heterocycles. The molecule has 2 aromatic carbocycles. The third-order valence-electron chi connectivity index (χ3n) is 7.90. The summed E-state index contributed by atoms with van der Waals surface area (Å²) in [5.41, 5.74) is 0.625. The van der Waals surface area contributed by atoms with Crippen LogP contribution in [0.25, 0.3) is 11.3 Å². The van der Waals surface area contributed by atoms with Crippen LogP contribution in [-0.2, 0) is 42.3 Å². The lowest BCUT2D eigenvalue weighted by atomic mass is 9.97. The summed E-state index contributed by atoms with van der Waals surface area (Å²) in [6.07, 6.45) is -4.08. The van der Waals surface area contributed by atoms with E-state index in [1.807, 2.05) is 4.90 Å². The van der Waals surface area contributed by atoms with E-state index in [0.717, 1.165) is 24.5 Å². The van der Waals surface area contributed by atoms with Crippen LogP contribution >= 0.6 is 0 Å². The van der Waals surface area contributed by atoms with Gasteiger partial charge in [0.15, 0.2) is 0 Å². The molecule has 0 saturated carbocycles. The van der Waals surface area contributed by atoms with Crippen LogP contribution in [0.2, 0.25) is 0 Å². The van der Waals surface area contributed by atoms with Gasteiger partial charge in [-0.1, -0.05) is 6.07 Å². The van der Waals surface area contributed by atoms with Crippen molar-refractivity contribution in [2.75, 3.05) is 32.4 Å². The molecule has 44 heavy (non-hydrogen) atoms. The highest BCUT2D eigenvalue weighted by atomic mass is 32.2. The molecule has 3 N–H and O–H groups in total. The average molecular weight is 640 g/mol. The zero-order valence-corrected chi connectivity index (χ0v) is 24.7. The van der Waals surface area contributed by atoms with Crippen molar-refractivity contribution in [1.82, 2.24) is 24.3 Å². The molecule has 1 aromatic heterocycles. The quantitative estimate of drug-likeness (QED) is 0.307. The van der Waals surface area contributed by atoms with Crippen molar-refractivity contribution in [3.63, 3.8) is 0 Å². The highest BCUT2D eigenvalue weighted by Gasteiger charge is 2.35. The number of carbonyl (C=O) groups is 1. The Morgan fingerprint density at radius 3 is 2.50 bits per heavy atom. The lowest BCUT2D eigenvalue weighted by Gasteiger charge is -2.26. The van der Waals surface area contributed by atoms with Gasteiger partial charge in [0.2, 0.25) is 10.0 Å². The maximum Gasteiger partial charge on any atom is 0.416 e. The van der Waals surface area contributed by atoms with E-state index < -0.39 is 52.2 Å². The molecule has 0 spiro atoms. The zero-order chi connectivity index (χ0) is 31.8. The molecule has 2 aliphatic rings. The summed E-state index contributed by atoms with van der Waals surface area (Å²) < 4.78 is 82.8. The molecule has 0 aliphatic carbocycles. The summed E-state index contributed by atoms with van der Waals surface area (Å²) in [6, 6.07) is 8.00. The fourth-order valence-corrected chi connectivity index (χ4v) is 6.49. The van der Waals surface area contributed by atoms with Crippen molar-refractivity contribution in [1.29, 1.82) is 0 Å². The van der Waals surface area contributed by atoms with Crippen molar-refractivity contribution in [2.45, 2.75) is 50.9 Å². The number of sulfonamides is 1. The normalized spacial score (nSPS) is 18.8. The lowest BCUT2D eigenvalue weighted by molar-refractivity contribution is -0.138. The van der Waals surface area contributed by atoms with E-state index in [0.29, 0.717) is 30.8 Å². The molecule has 10 nitrogen and oxygen atoms in total. The molecule has 238 valence electrons. The van der Waals surface area contributed by atoms with Crippen molar-refractivity contribution in [3.05, 3.63) is 76.2 Å². The lowest BCUT2D eigenvalue weighted by Crippen LogP contribution is -2.37. The largest absolute Gasteiger partial charge is 0.416 e. The van der Waals surface area contributed by atoms with E-state index in [1.165, 1.54) is 28.6 Å². The van der Waals surface area contributed by atoms with Gasteiger partial charge in [-0.2, -0.15) is 22.6 Å². The second-order valence-electron chi connectivity index (χ2n) is 11.2. The van der Waals surface area contributed by atoms with Crippen LogP contribution < -0.4 is 5.32 Å². The minimum atomic E-state index is -4.73. The van der Waals surface area contributed by atoms with E-state index in [4.69, 9.17) is 0 Å². The maximum absolute atomic E-state index is 14.0. The molecule has 1 amide bonds. The molecule has 2 atom stereocenters. The number of hydrogen-bond acceptors (Lipinski definition) is 7. The standard InChI is InChI=1S/C29H33F4N5O5S/c1-44(42,43)37-11-9-26-24(17-37)27(35-38(26)16-23(40)15-36-10-8-22(39)14-36)19-4-7-25(29(31,32)33)20(12-19)13-34-28(41)18-2-5-21(30)6-3-18/h2-7,12,22-23,39-40H,8-11,13-17H2,1H3,(H,34,41). The number of amides is 1.